The van der Waals surface area contributed by atoms with Crippen LogP contribution in [0.2, 0.25) is 0 Å². The van der Waals surface area contributed by atoms with Gasteiger partial charge in [0.25, 0.3) is 10.0 Å². The van der Waals surface area contributed by atoms with Crippen LogP contribution in [0, 0.1) is 29.1 Å². The molecule has 0 aliphatic heterocycles. The van der Waals surface area contributed by atoms with Crippen LogP contribution in [0.15, 0.2) is 40.6 Å². The standard InChI is InChI=1S/C15H7F5N2O2S2/c16-9-10(17)12(19)14(13(20)11(9)18)26(23,24)22-15-21-8(6-25-15)7-4-2-1-3-5-7/h1-6H,(H,21,22). The van der Waals surface area contributed by atoms with Crippen LogP contribution < -0.4 is 4.72 Å². The third-order valence-electron chi connectivity index (χ3n) is 3.23. The summed E-state index contributed by atoms with van der Waals surface area (Å²) in [6, 6.07) is 8.57. The smallest absolute Gasteiger partial charge is 0.254 e. The second-order valence-corrected chi connectivity index (χ2v) is 7.39. The second kappa shape index (κ2) is 6.65. The van der Waals surface area contributed by atoms with Crippen molar-refractivity contribution in [2.24, 2.45) is 0 Å². The van der Waals surface area contributed by atoms with Crippen molar-refractivity contribution in [3.05, 3.63) is 64.8 Å². The Bertz CT molecular complexity index is 1060. The zero-order valence-electron chi connectivity index (χ0n) is 12.4. The van der Waals surface area contributed by atoms with Gasteiger partial charge >= 0.3 is 0 Å². The molecule has 3 aromatic rings. The molecule has 11 heteroatoms. The van der Waals surface area contributed by atoms with E-state index in [2.05, 4.69) is 4.98 Å². The summed E-state index contributed by atoms with van der Waals surface area (Å²) in [5.74, 6) is -12.1. The number of benzene rings is 2. The van der Waals surface area contributed by atoms with Crippen molar-refractivity contribution in [3.63, 3.8) is 0 Å². The van der Waals surface area contributed by atoms with E-state index >= 15 is 0 Å². The molecule has 0 bridgehead atoms. The minimum atomic E-state index is -5.10. The van der Waals surface area contributed by atoms with E-state index in [0.29, 0.717) is 11.3 Å². The van der Waals surface area contributed by atoms with Crippen molar-refractivity contribution in [2.45, 2.75) is 4.90 Å². The van der Waals surface area contributed by atoms with Gasteiger partial charge in [0, 0.05) is 10.9 Å². The lowest BCUT2D eigenvalue weighted by atomic mass is 10.2. The van der Waals surface area contributed by atoms with Crippen LogP contribution in [0.5, 0.6) is 0 Å². The maximum Gasteiger partial charge on any atom is 0.269 e. The Balaban J connectivity index is 2.00. The minimum Gasteiger partial charge on any atom is -0.254 e. The maximum atomic E-state index is 13.7. The number of nitrogens with one attached hydrogen (secondary N) is 1. The SMILES string of the molecule is O=S(=O)(Nc1nc(-c2ccccc2)cs1)c1c(F)c(F)c(F)c(F)c1F. The highest BCUT2D eigenvalue weighted by molar-refractivity contribution is 7.93. The van der Waals surface area contributed by atoms with Crippen molar-refractivity contribution < 1.29 is 30.4 Å². The summed E-state index contributed by atoms with van der Waals surface area (Å²) in [7, 11) is -5.10. The maximum absolute atomic E-state index is 13.7. The highest BCUT2D eigenvalue weighted by Gasteiger charge is 2.34. The number of aromatic nitrogens is 1. The number of anilines is 1. The van der Waals surface area contributed by atoms with Crippen LogP contribution in [0.4, 0.5) is 27.1 Å². The Morgan fingerprint density at radius 1 is 0.846 bits per heavy atom. The largest absolute Gasteiger partial charge is 0.269 e. The van der Waals surface area contributed by atoms with Crippen LogP contribution in [0.3, 0.4) is 0 Å². The van der Waals surface area contributed by atoms with Crippen molar-refractivity contribution in [1.82, 2.24) is 4.98 Å². The topological polar surface area (TPSA) is 59.1 Å². The molecule has 1 aromatic heterocycles. The monoisotopic (exact) mass is 406 g/mol. The highest BCUT2D eigenvalue weighted by Crippen LogP contribution is 2.30. The van der Waals surface area contributed by atoms with Gasteiger partial charge in [-0.15, -0.1) is 11.3 Å². The van der Waals surface area contributed by atoms with E-state index in [4.69, 9.17) is 0 Å². The summed E-state index contributed by atoms with van der Waals surface area (Å²) < 4.78 is 92.9. The van der Waals surface area contributed by atoms with E-state index in [1.54, 1.807) is 35.1 Å². The first-order valence-corrected chi connectivity index (χ1v) is 9.14. The van der Waals surface area contributed by atoms with Gasteiger partial charge in [-0.3, -0.25) is 4.72 Å². The lowest BCUT2D eigenvalue weighted by Gasteiger charge is -2.09. The molecule has 4 nitrogen and oxygen atoms in total. The molecule has 0 saturated heterocycles. The van der Waals surface area contributed by atoms with Crippen LogP contribution in [0.25, 0.3) is 11.3 Å². The quantitative estimate of drug-likeness (QED) is 0.399. The molecule has 0 unspecified atom stereocenters. The average molecular weight is 406 g/mol. The molecule has 0 saturated carbocycles. The third kappa shape index (κ3) is 3.15. The first-order chi connectivity index (χ1) is 12.2. The van der Waals surface area contributed by atoms with Crippen molar-refractivity contribution >= 4 is 26.5 Å². The first kappa shape index (κ1) is 18.3. The molecule has 0 radical (unpaired) electrons. The summed E-state index contributed by atoms with van der Waals surface area (Å²) in [6.07, 6.45) is 0. The van der Waals surface area contributed by atoms with Crippen LogP contribution >= 0.6 is 11.3 Å². The van der Waals surface area contributed by atoms with Crippen LogP contribution in [-0.4, -0.2) is 13.4 Å². The summed E-state index contributed by atoms with van der Waals surface area (Å²) in [5, 5.41) is 1.17. The predicted octanol–water partition coefficient (Wildman–Crippen LogP) is 4.31. The number of thiazole rings is 1. The second-order valence-electron chi connectivity index (χ2n) is 4.91. The van der Waals surface area contributed by atoms with Crippen LogP contribution in [-0.2, 0) is 10.0 Å². The molecule has 2 aromatic carbocycles. The number of nitrogens with zero attached hydrogens (tertiary/aromatic N) is 1. The molecule has 26 heavy (non-hydrogen) atoms. The highest BCUT2D eigenvalue weighted by atomic mass is 32.2. The molecular weight excluding hydrogens is 399 g/mol. The zero-order chi connectivity index (χ0) is 19.1. The van der Waals surface area contributed by atoms with Gasteiger partial charge in [0.2, 0.25) is 5.82 Å². The van der Waals surface area contributed by atoms with Gasteiger partial charge in [-0.1, -0.05) is 30.3 Å². The fourth-order valence-corrected chi connectivity index (χ4v) is 4.16. The molecule has 1 N–H and O–H groups in total. The first-order valence-electron chi connectivity index (χ1n) is 6.77. The number of sulfonamides is 1. The molecule has 0 aliphatic rings. The van der Waals surface area contributed by atoms with Gasteiger partial charge in [-0.2, -0.15) is 0 Å². The summed E-state index contributed by atoms with van der Waals surface area (Å²) in [4.78, 5) is 1.97. The summed E-state index contributed by atoms with van der Waals surface area (Å²) in [6.45, 7) is 0. The van der Waals surface area contributed by atoms with E-state index < -0.39 is 44.0 Å². The van der Waals surface area contributed by atoms with Crippen LogP contribution in [0.1, 0.15) is 0 Å². The fourth-order valence-electron chi connectivity index (χ4n) is 2.05. The molecule has 3 rings (SSSR count). The molecule has 0 spiro atoms. The fraction of sp³-hybridized carbons (Fsp3) is 0. The van der Waals surface area contributed by atoms with Gasteiger partial charge in [-0.05, 0) is 0 Å². The molecule has 0 fully saturated rings. The van der Waals surface area contributed by atoms with E-state index in [-0.39, 0.29) is 5.13 Å². The van der Waals surface area contributed by atoms with E-state index in [1.807, 2.05) is 0 Å². The molecule has 0 aliphatic carbocycles. The third-order valence-corrected chi connectivity index (χ3v) is 5.48. The number of hydrogen-bond acceptors (Lipinski definition) is 4. The lowest BCUT2D eigenvalue weighted by Crippen LogP contribution is -2.19. The van der Waals surface area contributed by atoms with Crippen molar-refractivity contribution in [3.8, 4) is 11.3 Å². The molecule has 0 amide bonds. The van der Waals surface area contributed by atoms with Gasteiger partial charge in [-0.25, -0.2) is 35.4 Å². The normalized spacial score (nSPS) is 11.6. The number of halogens is 5. The lowest BCUT2D eigenvalue weighted by molar-refractivity contribution is 0.358. The summed E-state index contributed by atoms with van der Waals surface area (Å²) >= 11 is 0.781. The molecule has 136 valence electrons. The zero-order valence-corrected chi connectivity index (χ0v) is 14.1. The van der Waals surface area contributed by atoms with Crippen molar-refractivity contribution in [2.75, 3.05) is 4.72 Å². The molecule has 1 heterocycles. The van der Waals surface area contributed by atoms with Gasteiger partial charge in [0.1, 0.15) is 0 Å². The summed E-state index contributed by atoms with van der Waals surface area (Å²) in [5.41, 5.74) is 1.01. The Kier molecular flexibility index (Phi) is 4.67. The average Bonchev–Trinajstić information content (AvgIpc) is 3.06. The van der Waals surface area contributed by atoms with E-state index in [1.165, 1.54) is 5.38 Å². The Morgan fingerprint density at radius 3 is 1.96 bits per heavy atom. The van der Waals surface area contributed by atoms with Crippen molar-refractivity contribution in [1.29, 1.82) is 0 Å². The van der Waals surface area contributed by atoms with Gasteiger partial charge in [0.05, 0.1) is 5.69 Å². The molecular formula is C15H7F5N2O2S2. The minimum absolute atomic E-state index is 0.298. The van der Waals surface area contributed by atoms with E-state index in [0.717, 1.165) is 11.3 Å². The Hall–Kier alpha value is -2.53. The predicted molar refractivity (Wildman–Crippen MR) is 84.6 cm³/mol. The Morgan fingerprint density at radius 2 is 1.38 bits per heavy atom. The number of hydrogen-bond donors (Lipinski definition) is 1. The van der Waals surface area contributed by atoms with Gasteiger partial charge in [0.15, 0.2) is 33.3 Å². The number of rotatable bonds is 4. The Labute approximate surface area is 148 Å². The van der Waals surface area contributed by atoms with Gasteiger partial charge < -0.3 is 0 Å². The molecule has 0 atom stereocenters. The van der Waals surface area contributed by atoms with E-state index in [9.17, 15) is 30.4 Å².